The van der Waals surface area contributed by atoms with Crippen LogP contribution in [0.5, 0.6) is 0 Å². The van der Waals surface area contributed by atoms with Gasteiger partial charge in [-0.25, -0.2) is 0 Å². The van der Waals surface area contributed by atoms with E-state index in [2.05, 4.69) is 44.0 Å². The fourth-order valence-electron chi connectivity index (χ4n) is 2.22. The molecule has 0 bridgehead atoms. The number of nitrogens with zero attached hydrogens (tertiary/aromatic N) is 1. The van der Waals surface area contributed by atoms with Crippen molar-refractivity contribution < 1.29 is 4.42 Å². The largest absolute Gasteiger partial charge is 0.465 e. The Hall–Kier alpha value is -0.800. The zero-order valence-electron chi connectivity index (χ0n) is 12.4. The highest BCUT2D eigenvalue weighted by atomic mass is 16.3. The van der Waals surface area contributed by atoms with Crippen molar-refractivity contribution >= 4 is 0 Å². The number of hydrogen-bond donors (Lipinski definition) is 1. The minimum absolute atomic E-state index is 0.832. The Morgan fingerprint density at radius 2 is 1.83 bits per heavy atom. The Morgan fingerprint density at radius 1 is 1.17 bits per heavy atom. The molecule has 18 heavy (non-hydrogen) atoms. The molecule has 3 heteroatoms. The SMILES string of the molecule is CCCN(CCC)Cc1cc(CNCC)oc1C. The first kappa shape index (κ1) is 15.3. The van der Waals surface area contributed by atoms with E-state index >= 15 is 0 Å². The van der Waals surface area contributed by atoms with E-state index in [-0.39, 0.29) is 0 Å². The van der Waals surface area contributed by atoms with Crippen molar-refractivity contribution in [3.8, 4) is 0 Å². The summed E-state index contributed by atoms with van der Waals surface area (Å²) in [5.74, 6) is 2.12. The van der Waals surface area contributed by atoms with Crippen LogP contribution in [0.1, 0.15) is 50.7 Å². The molecule has 0 atom stereocenters. The molecule has 1 heterocycles. The lowest BCUT2D eigenvalue weighted by Gasteiger charge is -2.20. The van der Waals surface area contributed by atoms with E-state index in [4.69, 9.17) is 4.42 Å². The summed E-state index contributed by atoms with van der Waals surface area (Å²) in [6, 6.07) is 2.20. The molecule has 1 aromatic heterocycles. The fraction of sp³-hybridized carbons (Fsp3) is 0.733. The molecular weight excluding hydrogens is 224 g/mol. The molecule has 0 aliphatic heterocycles. The quantitative estimate of drug-likeness (QED) is 0.731. The van der Waals surface area contributed by atoms with Crippen LogP contribution < -0.4 is 5.32 Å². The predicted molar refractivity (Wildman–Crippen MR) is 76.7 cm³/mol. The van der Waals surface area contributed by atoms with Gasteiger partial charge in [0.05, 0.1) is 6.54 Å². The molecule has 0 radical (unpaired) electrons. The predicted octanol–water partition coefficient (Wildman–Crippen LogP) is 3.32. The van der Waals surface area contributed by atoms with E-state index in [1.54, 1.807) is 0 Å². The van der Waals surface area contributed by atoms with E-state index in [1.165, 1.54) is 31.5 Å². The Labute approximate surface area is 112 Å². The van der Waals surface area contributed by atoms with Crippen molar-refractivity contribution in [3.05, 3.63) is 23.2 Å². The number of rotatable bonds is 9. The normalized spacial score (nSPS) is 11.4. The van der Waals surface area contributed by atoms with Crippen LogP contribution in [-0.2, 0) is 13.1 Å². The third kappa shape index (κ3) is 4.83. The van der Waals surface area contributed by atoms with E-state index in [1.807, 2.05) is 0 Å². The van der Waals surface area contributed by atoms with Gasteiger partial charge in [0.1, 0.15) is 11.5 Å². The average molecular weight is 252 g/mol. The van der Waals surface area contributed by atoms with Gasteiger partial charge in [-0.15, -0.1) is 0 Å². The van der Waals surface area contributed by atoms with Crippen LogP contribution in [0.15, 0.2) is 10.5 Å². The minimum atomic E-state index is 0.832. The summed E-state index contributed by atoms with van der Waals surface area (Å²) in [6.45, 7) is 13.8. The van der Waals surface area contributed by atoms with Crippen LogP contribution in [0.3, 0.4) is 0 Å². The van der Waals surface area contributed by atoms with Gasteiger partial charge in [0.25, 0.3) is 0 Å². The lowest BCUT2D eigenvalue weighted by molar-refractivity contribution is 0.265. The maximum absolute atomic E-state index is 5.78. The van der Waals surface area contributed by atoms with Gasteiger partial charge >= 0.3 is 0 Å². The van der Waals surface area contributed by atoms with Gasteiger partial charge in [-0.1, -0.05) is 20.8 Å². The molecule has 1 rings (SSSR count). The molecule has 0 spiro atoms. The molecular formula is C15H28N2O. The molecule has 1 N–H and O–H groups in total. The summed E-state index contributed by atoms with van der Waals surface area (Å²) in [6.07, 6.45) is 2.42. The molecule has 0 saturated carbocycles. The number of aryl methyl sites for hydroxylation is 1. The summed E-state index contributed by atoms with van der Waals surface area (Å²) in [5.41, 5.74) is 1.34. The highest BCUT2D eigenvalue weighted by molar-refractivity contribution is 5.20. The summed E-state index contributed by atoms with van der Waals surface area (Å²) in [5, 5.41) is 3.30. The monoisotopic (exact) mass is 252 g/mol. The van der Waals surface area contributed by atoms with Crippen LogP contribution in [0.25, 0.3) is 0 Å². The summed E-state index contributed by atoms with van der Waals surface area (Å²) in [4.78, 5) is 2.51. The van der Waals surface area contributed by atoms with Crippen LogP contribution >= 0.6 is 0 Å². The number of hydrogen-bond acceptors (Lipinski definition) is 3. The Balaban J connectivity index is 2.60. The van der Waals surface area contributed by atoms with Gasteiger partial charge in [-0.2, -0.15) is 0 Å². The third-order valence-electron chi connectivity index (χ3n) is 3.09. The zero-order valence-corrected chi connectivity index (χ0v) is 12.4. The first-order valence-corrected chi connectivity index (χ1v) is 7.22. The van der Waals surface area contributed by atoms with Gasteiger partial charge in [0, 0.05) is 12.1 Å². The standard InChI is InChI=1S/C15H28N2O/c1-5-8-17(9-6-2)12-14-10-15(11-16-7-3)18-13(14)4/h10,16H,5-9,11-12H2,1-4H3. The van der Waals surface area contributed by atoms with Crippen LogP contribution in [0.2, 0.25) is 0 Å². The summed E-state index contributed by atoms with van der Waals surface area (Å²) in [7, 11) is 0. The lowest BCUT2D eigenvalue weighted by Crippen LogP contribution is -2.24. The van der Waals surface area contributed by atoms with Crippen molar-refractivity contribution in [2.75, 3.05) is 19.6 Å². The molecule has 0 aliphatic rings. The highest BCUT2D eigenvalue weighted by Crippen LogP contribution is 2.17. The van der Waals surface area contributed by atoms with Gasteiger partial charge in [-0.3, -0.25) is 4.90 Å². The molecule has 104 valence electrons. The van der Waals surface area contributed by atoms with Gasteiger partial charge in [0.15, 0.2) is 0 Å². The van der Waals surface area contributed by atoms with E-state index in [9.17, 15) is 0 Å². The fourth-order valence-corrected chi connectivity index (χ4v) is 2.22. The van der Waals surface area contributed by atoms with Crippen molar-refractivity contribution in [2.45, 2.75) is 53.6 Å². The molecule has 0 unspecified atom stereocenters. The lowest BCUT2D eigenvalue weighted by atomic mass is 10.2. The molecule has 0 aliphatic carbocycles. The van der Waals surface area contributed by atoms with Crippen molar-refractivity contribution in [1.29, 1.82) is 0 Å². The molecule has 0 amide bonds. The summed E-state index contributed by atoms with van der Waals surface area (Å²) >= 11 is 0. The Morgan fingerprint density at radius 3 is 2.39 bits per heavy atom. The third-order valence-corrected chi connectivity index (χ3v) is 3.09. The van der Waals surface area contributed by atoms with Gasteiger partial charge < -0.3 is 9.73 Å². The van der Waals surface area contributed by atoms with Crippen LogP contribution in [0.4, 0.5) is 0 Å². The maximum Gasteiger partial charge on any atom is 0.118 e. The van der Waals surface area contributed by atoms with Crippen molar-refractivity contribution in [1.82, 2.24) is 10.2 Å². The first-order chi connectivity index (χ1) is 8.71. The highest BCUT2D eigenvalue weighted by Gasteiger charge is 2.11. The van der Waals surface area contributed by atoms with E-state index in [0.29, 0.717) is 0 Å². The van der Waals surface area contributed by atoms with Crippen molar-refractivity contribution in [2.24, 2.45) is 0 Å². The maximum atomic E-state index is 5.78. The molecule has 0 aromatic carbocycles. The smallest absolute Gasteiger partial charge is 0.118 e. The second kappa shape index (κ2) is 8.33. The topological polar surface area (TPSA) is 28.4 Å². The zero-order chi connectivity index (χ0) is 13.4. The molecule has 3 nitrogen and oxygen atoms in total. The van der Waals surface area contributed by atoms with Crippen LogP contribution in [0, 0.1) is 6.92 Å². The molecule has 1 aromatic rings. The summed E-state index contributed by atoms with van der Waals surface area (Å²) < 4.78 is 5.78. The van der Waals surface area contributed by atoms with Crippen LogP contribution in [-0.4, -0.2) is 24.5 Å². The van der Waals surface area contributed by atoms with Crippen molar-refractivity contribution in [3.63, 3.8) is 0 Å². The van der Waals surface area contributed by atoms with Gasteiger partial charge in [-0.05, 0) is 45.5 Å². The first-order valence-electron chi connectivity index (χ1n) is 7.22. The Bertz CT molecular complexity index is 327. The Kier molecular flexibility index (Phi) is 7.06. The second-order valence-electron chi connectivity index (χ2n) is 4.85. The average Bonchev–Trinajstić information content (AvgIpc) is 2.68. The number of nitrogens with one attached hydrogen (secondary N) is 1. The van der Waals surface area contributed by atoms with Gasteiger partial charge in [0.2, 0.25) is 0 Å². The minimum Gasteiger partial charge on any atom is -0.465 e. The van der Waals surface area contributed by atoms with E-state index < -0.39 is 0 Å². The van der Waals surface area contributed by atoms with E-state index in [0.717, 1.165) is 31.2 Å². The number of furan rings is 1. The second-order valence-corrected chi connectivity index (χ2v) is 4.85. The molecule has 0 saturated heterocycles. The molecule has 0 fully saturated rings.